The molecule has 0 bridgehead atoms. The molecule has 1 heterocycles. The predicted octanol–water partition coefficient (Wildman–Crippen LogP) is 5.51. The molecular weight excluding hydrogens is 373 g/mol. The van der Waals surface area contributed by atoms with Crippen molar-refractivity contribution < 1.29 is 18.0 Å². The lowest BCUT2D eigenvalue weighted by molar-refractivity contribution is -0.137. The molecular formula is C20H15F3N2OS. The SMILES string of the molecule is Cc1ccc(-c2ccsc2C(=O)N/N=C\c2ccccc2C(F)(F)F)cc1. The van der Waals surface area contributed by atoms with Gasteiger partial charge < -0.3 is 0 Å². The molecule has 1 aromatic heterocycles. The number of aryl methyl sites for hydroxylation is 1. The first kappa shape index (κ1) is 18.8. The summed E-state index contributed by atoms with van der Waals surface area (Å²) in [6.07, 6.45) is -3.49. The van der Waals surface area contributed by atoms with Crippen molar-refractivity contribution in [3.63, 3.8) is 0 Å². The van der Waals surface area contributed by atoms with E-state index in [1.165, 1.54) is 29.5 Å². The summed E-state index contributed by atoms with van der Waals surface area (Å²) < 4.78 is 38.9. The van der Waals surface area contributed by atoms with Crippen LogP contribution in [0.3, 0.4) is 0 Å². The van der Waals surface area contributed by atoms with E-state index in [0.29, 0.717) is 4.88 Å². The molecule has 3 aromatic rings. The number of nitrogens with one attached hydrogen (secondary N) is 1. The Labute approximate surface area is 158 Å². The van der Waals surface area contributed by atoms with E-state index < -0.39 is 17.6 Å². The zero-order chi connectivity index (χ0) is 19.4. The van der Waals surface area contributed by atoms with Gasteiger partial charge in [0.05, 0.1) is 11.8 Å². The van der Waals surface area contributed by atoms with Crippen molar-refractivity contribution in [2.75, 3.05) is 0 Å². The molecule has 1 N–H and O–H groups in total. The van der Waals surface area contributed by atoms with Gasteiger partial charge in [-0.25, -0.2) is 5.43 Å². The maximum atomic E-state index is 13.0. The first-order valence-corrected chi connectivity index (χ1v) is 8.88. The van der Waals surface area contributed by atoms with Crippen LogP contribution in [-0.4, -0.2) is 12.1 Å². The topological polar surface area (TPSA) is 41.5 Å². The lowest BCUT2D eigenvalue weighted by Crippen LogP contribution is -2.17. The Morgan fingerprint density at radius 2 is 1.78 bits per heavy atom. The fraction of sp³-hybridized carbons (Fsp3) is 0.100. The summed E-state index contributed by atoms with van der Waals surface area (Å²) in [6.45, 7) is 1.97. The summed E-state index contributed by atoms with van der Waals surface area (Å²) in [6, 6.07) is 14.6. The number of alkyl halides is 3. The van der Waals surface area contributed by atoms with Crippen LogP contribution in [0.5, 0.6) is 0 Å². The van der Waals surface area contributed by atoms with E-state index in [1.54, 1.807) is 5.38 Å². The molecule has 3 rings (SSSR count). The van der Waals surface area contributed by atoms with Crippen LogP contribution < -0.4 is 5.43 Å². The Hall–Kier alpha value is -2.93. The molecule has 3 nitrogen and oxygen atoms in total. The highest BCUT2D eigenvalue weighted by Crippen LogP contribution is 2.31. The van der Waals surface area contributed by atoms with Crippen LogP contribution in [0, 0.1) is 6.92 Å². The molecule has 0 aliphatic heterocycles. The minimum absolute atomic E-state index is 0.116. The average Bonchev–Trinajstić information content (AvgIpc) is 3.11. The second-order valence-corrected chi connectivity index (χ2v) is 6.73. The molecule has 1 amide bonds. The van der Waals surface area contributed by atoms with E-state index in [9.17, 15) is 18.0 Å². The largest absolute Gasteiger partial charge is 0.417 e. The molecule has 27 heavy (non-hydrogen) atoms. The summed E-state index contributed by atoms with van der Waals surface area (Å²) in [4.78, 5) is 12.8. The Morgan fingerprint density at radius 1 is 1.07 bits per heavy atom. The summed E-state index contributed by atoms with van der Waals surface area (Å²) >= 11 is 1.24. The van der Waals surface area contributed by atoms with Gasteiger partial charge in [0.1, 0.15) is 4.88 Å². The Kier molecular flexibility index (Phi) is 5.41. The molecule has 0 saturated heterocycles. The van der Waals surface area contributed by atoms with E-state index in [0.717, 1.165) is 29.0 Å². The maximum absolute atomic E-state index is 13.0. The second kappa shape index (κ2) is 7.75. The van der Waals surface area contributed by atoms with Crippen LogP contribution in [0.1, 0.15) is 26.4 Å². The minimum atomic E-state index is -4.49. The van der Waals surface area contributed by atoms with Gasteiger partial charge in [-0.3, -0.25) is 4.79 Å². The number of halogens is 3. The molecule has 0 spiro atoms. The lowest BCUT2D eigenvalue weighted by Gasteiger charge is -2.09. The van der Waals surface area contributed by atoms with Crippen LogP contribution in [-0.2, 0) is 6.18 Å². The molecule has 0 atom stereocenters. The van der Waals surface area contributed by atoms with Gasteiger partial charge in [-0.15, -0.1) is 11.3 Å². The standard InChI is InChI=1S/C20H15F3N2OS/c1-13-6-8-14(9-7-13)16-10-11-27-18(16)19(26)25-24-12-15-4-2-3-5-17(15)20(21,22)23/h2-12H,1H3,(H,25,26)/b24-12-. The van der Waals surface area contributed by atoms with Gasteiger partial charge in [0.15, 0.2) is 0 Å². The van der Waals surface area contributed by atoms with Crippen LogP contribution in [0.15, 0.2) is 65.1 Å². The molecule has 2 aromatic carbocycles. The summed E-state index contributed by atoms with van der Waals surface area (Å²) in [5.41, 5.74) is 4.13. The monoisotopic (exact) mass is 388 g/mol. The second-order valence-electron chi connectivity index (χ2n) is 5.81. The van der Waals surface area contributed by atoms with Gasteiger partial charge in [-0.1, -0.05) is 48.0 Å². The maximum Gasteiger partial charge on any atom is 0.417 e. The number of hydrogen-bond acceptors (Lipinski definition) is 3. The number of amides is 1. The third-order valence-corrected chi connectivity index (χ3v) is 4.78. The number of thiophene rings is 1. The fourth-order valence-corrected chi connectivity index (χ4v) is 3.33. The summed E-state index contributed by atoms with van der Waals surface area (Å²) in [5, 5.41) is 5.49. The van der Waals surface area contributed by atoms with Crippen molar-refractivity contribution in [1.82, 2.24) is 5.43 Å². The van der Waals surface area contributed by atoms with E-state index >= 15 is 0 Å². The Bertz CT molecular complexity index is 975. The Balaban J connectivity index is 1.78. The van der Waals surface area contributed by atoms with Crippen molar-refractivity contribution in [3.8, 4) is 11.1 Å². The summed E-state index contributed by atoms with van der Waals surface area (Å²) in [5.74, 6) is -0.471. The van der Waals surface area contributed by atoms with Crippen molar-refractivity contribution in [2.45, 2.75) is 13.1 Å². The average molecular weight is 388 g/mol. The highest BCUT2D eigenvalue weighted by Gasteiger charge is 2.32. The Morgan fingerprint density at radius 3 is 2.48 bits per heavy atom. The molecule has 138 valence electrons. The minimum Gasteiger partial charge on any atom is -0.266 e. The van der Waals surface area contributed by atoms with E-state index in [4.69, 9.17) is 0 Å². The van der Waals surface area contributed by atoms with Crippen molar-refractivity contribution in [2.24, 2.45) is 5.10 Å². The van der Waals surface area contributed by atoms with Gasteiger partial charge in [0.2, 0.25) is 0 Å². The molecule has 0 aliphatic rings. The highest BCUT2D eigenvalue weighted by molar-refractivity contribution is 7.12. The zero-order valence-corrected chi connectivity index (χ0v) is 15.1. The zero-order valence-electron chi connectivity index (χ0n) is 14.2. The highest BCUT2D eigenvalue weighted by atomic mass is 32.1. The lowest BCUT2D eigenvalue weighted by atomic mass is 10.1. The predicted molar refractivity (Wildman–Crippen MR) is 101 cm³/mol. The molecule has 0 saturated carbocycles. The number of hydrogen-bond donors (Lipinski definition) is 1. The number of nitrogens with zero attached hydrogens (tertiary/aromatic N) is 1. The van der Waals surface area contributed by atoms with E-state index in [2.05, 4.69) is 10.5 Å². The number of carbonyl (C=O) groups excluding carboxylic acids is 1. The molecule has 0 aliphatic carbocycles. The van der Waals surface area contributed by atoms with Gasteiger partial charge in [-0.2, -0.15) is 18.3 Å². The molecule has 7 heteroatoms. The van der Waals surface area contributed by atoms with Crippen LogP contribution in [0.25, 0.3) is 11.1 Å². The normalized spacial score (nSPS) is 11.7. The van der Waals surface area contributed by atoms with Crippen molar-refractivity contribution in [3.05, 3.63) is 81.5 Å². The smallest absolute Gasteiger partial charge is 0.266 e. The molecule has 0 fully saturated rings. The van der Waals surface area contributed by atoms with Gasteiger partial charge in [0.25, 0.3) is 5.91 Å². The first-order chi connectivity index (χ1) is 12.9. The van der Waals surface area contributed by atoms with Crippen molar-refractivity contribution in [1.29, 1.82) is 0 Å². The quantitative estimate of drug-likeness (QED) is 0.465. The van der Waals surface area contributed by atoms with Gasteiger partial charge in [0, 0.05) is 11.1 Å². The fourth-order valence-electron chi connectivity index (χ4n) is 2.52. The number of rotatable bonds is 4. The first-order valence-electron chi connectivity index (χ1n) is 8.00. The van der Waals surface area contributed by atoms with Crippen LogP contribution >= 0.6 is 11.3 Å². The van der Waals surface area contributed by atoms with Gasteiger partial charge >= 0.3 is 6.18 Å². The van der Waals surface area contributed by atoms with Gasteiger partial charge in [-0.05, 0) is 30.0 Å². The van der Waals surface area contributed by atoms with Crippen LogP contribution in [0.4, 0.5) is 13.2 Å². The number of hydrazone groups is 1. The molecule has 0 radical (unpaired) electrons. The summed E-state index contributed by atoms with van der Waals surface area (Å²) in [7, 11) is 0. The third kappa shape index (κ3) is 4.43. The number of carbonyl (C=O) groups is 1. The van der Waals surface area contributed by atoms with E-state index in [-0.39, 0.29) is 5.56 Å². The van der Waals surface area contributed by atoms with Crippen molar-refractivity contribution >= 4 is 23.5 Å². The number of benzene rings is 2. The molecule has 0 unspecified atom stereocenters. The third-order valence-electron chi connectivity index (χ3n) is 3.87. The van der Waals surface area contributed by atoms with Crippen LogP contribution in [0.2, 0.25) is 0 Å². The van der Waals surface area contributed by atoms with E-state index in [1.807, 2.05) is 37.3 Å².